The molecule has 1 aliphatic rings. The summed E-state index contributed by atoms with van der Waals surface area (Å²) in [6.45, 7) is 6.69. The minimum atomic E-state index is -0.348. The summed E-state index contributed by atoms with van der Waals surface area (Å²) >= 11 is 12.0. The van der Waals surface area contributed by atoms with Gasteiger partial charge in [0.25, 0.3) is 0 Å². The van der Waals surface area contributed by atoms with Crippen molar-refractivity contribution in [2.45, 2.75) is 39.7 Å². The van der Waals surface area contributed by atoms with Crippen LogP contribution in [0.3, 0.4) is 0 Å². The van der Waals surface area contributed by atoms with Gasteiger partial charge in [-0.05, 0) is 30.5 Å². The van der Waals surface area contributed by atoms with E-state index in [2.05, 4.69) is 0 Å². The highest BCUT2D eigenvalue weighted by atomic mass is 35.5. The first-order chi connectivity index (χ1) is 8.80. The van der Waals surface area contributed by atoms with Crippen LogP contribution in [0.4, 0.5) is 0 Å². The second-order valence-electron chi connectivity index (χ2n) is 6.08. The van der Waals surface area contributed by atoms with E-state index in [9.17, 15) is 4.79 Å². The Hall–Kier alpha value is -0.730. The topological polar surface area (TPSA) is 20.3 Å². The Kier molecular flexibility index (Phi) is 4.12. The summed E-state index contributed by atoms with van der Waals surface area (Å²) in [6, 6.07) is 5.77. The van der Waals surface area contributed by atoms with Crippen LogP contribution in [0.1, 0.15) is 45.2 Å². The molecule has 0 saturated carbocycles. The van der Waals surface area contributed by atoms with E-state index in [0.717, 1.165) is 24.9 Å². The molecular formula is C15H19Cl2NO. The van der Waals surface area contributed by atoms with Crippen molar-refractivity contribution in [3.8, 4) is 0 Å². The first kappa shape index (κ1) is 14.7. The molecule has 1 aliphatic heterocycles. The highest BCUT2D eigenvalue weighted by Gasteiger charge is 2.35. The van der Waals surface area contributed by atoms with Gasteiger partial charge in [-0.25, -0.2) is 0 Å². The molecule has 19 heavy (non-hydrogen) atoms. The third-order valence-corrected chi connectivity index (χ3v) is 4.22. The molecule has 1 fully saturated rings. The van der Waals surface area contributed by atoms with E-state index in [1.54, 1.807) is 6.07 Å². The van der Waals surface area contributed by atoms with Gasteiger partial charge in [-0.2, -0.15) is 0 Å². The van der Waals surface area contributed by atoms with Gasteiger partial charge < -0.3 is 4.90 Å². The summed E-state index contributed by atoms with van der Waals surface area (Å²) in [7, 11) is 0. The molecule has 1 amide bonds. The molecule has 2 rings (SSSR count). The van der Waals surface area contributed by atoms with Crippen LogP contribution in [0.25, 0.3) is 0 Å². The molecule has 1 aromatic carbocycles. The zero-order valence-corrected chi connectivity index (χ0v) is 13.1. The van der Waals surface area contributed by atoms with Gasteiger partial charge in [0.1, 0.15) is 0 Å². The quantitative estimate of drug-likeness (QED) is 0.736. The maximum atomic E-state index is 12.5. The number of carbonyl (C=O) groups excluding carboxylic acids is 1. The van der Waals surface area contributed by atoms with Crippen molar-refractivity contribution in [1.29, 1.82) is 0 Å². The number of hydrogen-bond donors (Lipinski definition) is 0. The number of amides is 1. The van der Waals surface area contributed by atoms with Crippen LogP contribution in [0.5, 0.6) is 0 Å². The molecular weight excluding hydrogens is 281 g/mol. The fourth-order valence-electron chi connectivity index (χ4n) is 2.51. The third kappa shape index (κ3) is 3.06. The van der Waals surface area contributed by atoms with Crippen LogP contribution < -0.4 is 0 Å². The van der Waals surface area contributed by atoms with E-state index >= 15 is 0 Å². The number of hydrogen-bond acceptors (Lipinski definition) is 1. The minimum Gasteiger partial charge on any atom is -0.335 e. The Labute approximate surface area is 124 Å². The Morgan fingerprint density at radius 3 is 2.53 bits per heavy atom. The molecule has 0 radical (unpaired) electrons. The summed E-state index contributed by atoms with van der Waals surface area (Å²) in [4.78, 5) is 14.4. The highest BCUT2D eigenvalue weighted by Crippen LogP contribution is 2.37. The molecule has 1 heterocycles. The van der Waals surface area contributed by atoms with Gasteiger partial charge >= 0.3 is 0 Å². The number of halogens is 2. The molecule has 1 aromatic rings. The summed E-state index contributed by atoms with van der Waals surface area (Å²) in [6.07, 6.45) is 2.02. The number of nitrogens with zero attached hydrogens (tertiary/aromatic N) is 1. The summed E-state index contributed by atoms with van der Waals surface area (Å²) < 4.78 is 0. The molecule has 2 nitrogen and oxygen atoms in total. The fourth-order valence-corrected chi connectivity index (χ4v) is 2.81. The van der Waals surface area contributed by atoms with Gasteiger partial charge in [0.15, 0.2) is 0 Å². The molecule has 0 spiro atoms. The van der Waals surface area contributed by atoms with E-state index < -0.39 is 0 Å². The molecule has 1 saturated heterocycles. The summed E-state index contributed by atoms with van der Waals surface area (Å²) in [5, 5.41) is 1.10. The van der Waals surface area contributed by atoms with Crippen LogP contribution >= 0.6 is 23.2 Å². The maximum absolute atomic E-state index is 12.5. The molecule has 0 aromatic heterocycles. The highest BCUT2D eigenvalue weighted by molar-refractivity contribution is 6.42. The molecule has 1 atom stereocenters. The van der Waals surface area contributed by atoms with Crippen LogP contribution in [0.2, 0.25) is 10.0 Å². The number of carbonyl (C=O) groups is 1. The van der Waals surface area contributed by atoms with E-state index in [0.29, 0.717) is 10.0 Å². The Balaban J connectivity index is 2.28. The van der Waals surface area contributed by atoms with E-state index in [1.165, 1.54) is 0 Å². The van der Waals surface area contributed by atoms with Crippen molar-refractivity contribution < 1.29 is 4.79 Å². The molecule has 0 N–H and O–H groups in total. The third-order valence-electron chi connectivity index (χ3n) is 3.48. The van der Waals surface area contributed by atoms with Crippen molar-refractivity contribution in [1.82, 2.24) is 4.90 Å². The van der Waals surface area contributed by atoms with Gasteiger partial charge in [-0.3, -0.25) is 4.79 Å². The normalized spacial score (nSPS) is 19.8. The number of benzene rings is 1. The van der Waals surface area contributed by atoms with Crippen LogP contribution in [-0.2, 0) is 4.79 Å². The van der Waals surface area contributed by atoms with Gasteiger partial charge in [-0.15, -0.1) is 0 Å². The van der Waals surface area contributed by atoms with Crippen molar-refractivity contribution in [2.24, 2.45) is 5.41 Å². The van der Waals surface area contributed by atoms with Crippen LogP contribution in [0, 0.1) is 5.41 Å². The smallest absolute Gasteiger partial charge is 0.228 e. The Bertz CT molecular complexity index is 493. The molecule has 4 heteroatoms. The van der Waals surface area contributed by atoms with Gasteiger partial charge in [0.2, 0.25) is 5.91 Å². The first-order valence-corrected chi connectivity index (χ1v) is 7.32. The van der Waals surface area contributed by atoms with Crippen LogP contribution in [0.15, 0.2) is 18.2 Å². The zero-order valence-electron chi connectivity index (χ0n) is 11.5. The Morgan fingerprint density at radius 1 is 1.26 bits per heavy atom. The molecule has 0 aliphatic carbocycles. The van der Waals surface area contributed by atoms with E-state index in [1.807, 2.05) is 37.8 Å². The lowest BCUT2D eigenvalue weighted by atomic mass is 9.93. The minimum absolute atomic E-state index is 0.126. The van der Waals surface area contributed by atoms with E-state index in [-0.39, 0.29) is 17.4 Å². The monoisotopic (exact) mass is 299 g/mol. The van der Waals surface area contributed by atoms with Crippen molar-refractivity contribution >= 4 is 29.1 Å². The van der Waals surface area contributed by atoms with Gasteiger partial charge in [0.05, 0.1) is 16.1 Å². The van der Waals surface area contributed by atoms with Crippen molar-refractivity contribution in [3.05, 3.63) is 33.8 Å². The predicted octanol–water partition coefficient (Wildman–Crippen LogP) is 4.70. The molecule has 0 bridgehead atoms. The van der Waals surface area contributed by atoms with E-state index in [4.69, 9.17) is 23.2 Å². The molecule has 104 valence electrons. The second kappa shape index (κ2) is 5.34. The Morgan fingerprint density at radius 2 is 1.95 bits per heavy atom. The fraction of sp³-hybridized carbons (Fsp3) is 0.533. The van der Waals surface area contributed by atoms with Crippen molar-refractivity contribution in [2.75, 3.05) is 6.54 Å². The number of rotatable bonds is 1. The second-order valence-corrected chi connectivity index (χ2v) is 6.89. The average Bonchev–Trinajstić information content (AvgIpc) is 2.79. The van der Waals surface area contributed by atoms with Gasteiger partial charge in [0, 0.05) is 12.0 Å². The number of likely N-dealkylation sites (tertiary alicyclic amines) is 1. The SMILES string of the molecule is CC(C)(C)C(=O)N1CCCC1c1ccc(Cl)c(Cl)c1. The predicted molar refractivity (Wildman–Crippen MR) is 79.6 cm³/mol. The van der Waals surface area contributed by atoms with Crippen LogP contribution in [-0.4, -0.2) is 17.4 Å². The largest absolute Gasteiger partial charge is 0.335 e. The molecule has 1 unspecified atom stereocenters. The lowest BCUT2D eigenvalue weighted by molar-refractivity contribution is -0.140. The van der Waals surface area contributed by atoms with Gasteiger partial charge in [-0.1, -0.05) is 50.0 Å². The van der Waals surface area contributed by atoms with Crippen molar-refractivity contribution in [3.63, 3.8) is 0 Å². The summed E-state index contributed by atoms with van der Waals surface area (Å²) in [5.74, 6) is 0.195. The lowest BCUT2D eigenvalue weighted by Gasteiger charge is -2.31. The first-order valence-electron chi connectivity index (χ1n) is 6.57. The standard InChI is InChI=1S/C15H19Cl2NO/c1-15(2,3)14(19)18-8-4-5-13(18)10-6-7-11(16)12(17)9-10/h6-7,9,13H,4-5,8H2,1-3H3. The lowest BCUT2D eigenvalue weighted by Crippen LogP contribution is -2.38. The maximum Gasteiger partial charge on any atom is 0.228 e. The zero-order chi connectivity index (χ0) is 14.2. The average molecular weight is 300 g/mol. The summed E-state index contributed by atoms with van der Waals surface area (Å²) in [5.41, 5.74) is 0.725.